The highest BCUT2D eigenvalue weighted by Crippen LogP contribution is 2.07. The molecule has 1 aromatic heterocycles. The molecule has 5 heteroatoms. The van der Waals surface area contributed by atoms with Gasteiger partial charge in [-0.05, 0) is 24.3 Å². The zero-order valence-corrected chi connectivity index (χ0v) is 9.21. The number of nitrogens with zero attached hydrogens (tertiary/aromatic N) is 3. The van der Waals surface area contributed by atoms with Crippen molar-refractivity contribution in [2.45, 2.75) is 0 Å². The number of amides is 1. The molecule has 0 fully saturated rings. The van der Waals surface area contributed by atoms with Gasteiger partial charge in [0.1, 0.15) is 0 Å². The minimum absolute atomic E-state index is 0.242. The summed E-state index contributed by atoms with van der Waals surface area (Å²) in [5.41, 5.74) is 1.02. The molecule has 1 aromatic carbocycles. The number of carbonyl (C=O) groups excluding carboxylic acids is 1. The average Bonchev–Trinajstić information content (AvgIpc) is 2.75. The van der Waals surface area contributed by atoms with Crippen LogP contribution in [-0.2, 0) is 7.05 Å². The molecule has 0 aliphatic carbocycles. The van der Waals surface area contributed by atoms with Crippen LogP contribution >= 0.6 is 0 Å². The first-order valence-corrected chi connectivity index (χ1v) is 5.00. The molecule has 0 spiro atoms. The molecular formula is C12H10N4O. The molecule has 2 aromatic rings. The Hall–Kier alpha value is -2.61. The summed E-state index contributed by atoms with van der Waals surface area (Å²) in [6.45, 7) is 0. The first-order chi connectivity index (χ1) is 8.19. The van der Waals surface area contributed by atoms with E-state index in [0.29, 0.717) is 16.9 Å². The van der Waals surface area contributed by atoms with E-state index < -0.39 is 0 Å². The van der Waals surface area contributed by atoms with Crippen molar-refractivity contribution in [1.82, 2.24) is 9.78 Å². The number of carbonyl (C=O) groups is 1. The maximum absolute atomic E-state index is 11.8. The van der Waals surface area contributed by atoms with E-state index in [1.807, 2.05) is 6.07 Å². The van der Waals surface area contributed by atoms with Crippen LogP contribution in [0.3, 0.4) is 0 Å². The number of anilines is 1. The van der Waals surface area contributed by atoms with Crippen molar-refractivity contribution < 1.29 is 4.79 Å². The van der Waals surface area contributed by atoms with Crippen LogP contribution in [-0.4, -0.2) is 15.7 Å². The van der Waals surface area contributed by atoms with E-state index in [1.54, 1.807) is 48.3 Å². The van der Waals surface area contributed by atoms with Gasteiger partial charge in [-0.1, -0.05) is 0 Å². The van der Waals surface area contributed by atoms with E-state index in [2.05, 4.69) is 10.4 Å². The van der Waals surface area contributed by atoms with Crippen molar-refractivity contribution in [3.63, 3.8) is 0 Å². The summed E-state index contributed by atoms with van der Waals surface area (Å²) in [4.78, 5) is 11.8. The Bertz CT molecular complexity index is 577. The molecule has 0 atom stereocenters. The number of rotatable bonds is 2. The summed E-state index contributed by atoms with van der Waals surface area (Å²) in [6, 6.07) is 10.1. The van der Waals surface area contributed by atoms with Crippen molar-refractivity contribution in [2.75, 3.05) is 5.32 Å². The fourth-order valence-electron chi connectivity index (χ4n) is 1.37. The number of aryl methyl sites for hydroxylation is 1. The number of nitrogens with one attached hydrogen (secondary N) is 1. The molecule has 2 rings (SSSR count). The molecule has 0 aliphatic heterocycles. The van der Waals surface area contributed by atoms with Crippen LogP contribution in [0.1, 0.15) is 15.9 Å². The second-order valence-electron chi connectivity index (χ2n) is 3.52. The first-order valence-electron chi connectivity index (χ1n) is 5.00. The zero-order chi connectivity index (χ0) is 12.3. The predicted molar refractivity (Wildman–Crippen MR) is 62.3 cm³/mol. The second-order valence-corrected chi connectivity index (χ2v) is 3.52. The van der Waals surface area contributed by atoms with E-state index in [1.165, 1.54) is 0 Å². The molecule has 84 valence electrons. The Balaban J connectivity index is 2.12. The average molecular weight is 226 g/mol. The van der Waals surface area contributed by atoms with E-state index >= 15 is 0 Å². The van der Waals surface area contributed by atoms with Gasteiger partial charge in [-0.25, -0.2) is 0 Å². The zero-order valence-electron chi connectivity index (χ0n) is 9.21. The van der Waals surface area contributed by atoms with Crippen LogP contribution in [0.5, 0.6) is 0 Å². The van der Waals surface area contributed by atoms with Gasteiger partial charge in [-0.3, -0.25) is 9.48 Å². The van der Waals surface area contributed by atoms with Crippen molar-refractivity contribution in [3.05, 3.63) is 47.7 Å². The van der Waals surface area contributed by atoms with E-state index in [0.717, 1.165) is 0 Å². The van der Waals surface area contributed by atoms with Gasteiger partial charge < -0.3 is 5.32 Å². The fourth-order valence-corrected chi connectivity index (χ4v) is 1.37. The predicted octanol–water partition coefficient (Wildman–Crippen LogP) is 1.54. The number of aromatic nitrogens is 2. The van der Waals surface area contributed by atoms with Gasteiger partial charge in [0, 0.05) is 24.9 Å². The molecule has 5 nitrogen and oxygen atoms in total. The fraction of sp³-hybridized carbons (Fsp3) is 0.0833. The standard InChI is InChI=1S/C12H10N4O/c1-16-7-6-11(15-16)14-12(17)10-4-2-9(8-13)3-5-10/h2-7H,1H3,(H,14,15,17). The molecule has 0 bridgehead atoms. The molecule has 0 saturated carbocycles. The van der Waals surface area contributed by atoms with Crippen molar-refractivity contribution >= 4 is 11.7 Å². The molecule has 0 saturated heterocycles. The Morgan fingerprint density at radius 2 is 2.06 bits per heavy atom. The van der Waals surface area contributed by atoms with Crippen molar-refractivity contribution in [3.8, 4) is 6.07 Å². The van der Waals surface area contributed by atoms with Crippen LogP contribution in [0.25, 0.3) is 0 Å². The van der Waals surface area contributed by atoms with Crippen molar-refractivity contribution in [2.24, 2.45) is 7.05 Å². The summed E-state index contributed by atoms with van der Waals surface area (Å²) in [7, 11) is 1.78. The molecular weight excluding hydrogens is 216 g/mol. The summed E-state index contributed by atoms with van der Waals surface area (Å²) in [5.74, 6) is 0.259. The smallest absolute Gasteiger partial charge is 0.256 e. The molecule has 0 radical (unpaired) electrons. The lowest BCUT2D eigenvalue weighted by Gasteiger charge is -2.01. The van der Waals surface area contributed by atoms with E-state index in [-0.39, 0.29) is 5.91 Å². The van der Waals surface area contributed by atoms with Gasteiger partial charge in [0.25, 0.3) is 5.91 Å². The Morgan fingerprint density at radius 3 is 2.59 bits per heavy atom. The first kappa shape index (κ1) is 10.9. The van der Waals surface area contributed by atoms with Gasteiger partial charge in [-0.2, -0.15) is 10.4 Å². The summed E-state index contributed by atoms with van der Waals surface area (Å²) >= 11 is 0. The molecule has 0 aliphatic rings. The normalized spacial score (nSPS) is 9.65. The van der Waals surface area contributed by atoms with Gasteiger partial charge in [-0.15, -0.1) is 0 Å². The lowest BCUT2D eigenvalue weighted by Crippen LogP contribution is -2.12. The van der Waals surface area contributed by atoms with Gasteiger partial charge >= 0.3 is 0 Å². The van der Waals surface area contributed by atoms with Gasteiger partial charge in [0.05, 0.1) is 11.6 Å². The third-order valence-corrected chi connectivity index (χ3v) is 2.23. The molecule has 0 unspecified atom stereocenters. The van der Waals surface area contributed by atoms with Crippen LogP contribution in [0.4, 0.5) is 5.82 Å². The van der Waals surface area contributed by atoms with Crippen LogP contribution < -0.4 is 5.32 Å². The minimum Gasteiger partial charge on any atom is -0.305 e. The SMILES string of the molecule is Cn1ccc(NC(=O)c2ccc(C#N)cc2)n1. The van der Waals surface area contributed by atoms with Crippen LogP contribution in [0.15, 0.2) is 36.5 Å². The Morgan fingerprint density at radius 1 is 1.35 bits per heavy atom. The maximum atomic E-state index is 11.8. The highest BCUT2D eigenvalue weighted by Gasteiger charge is 2.07. The second kappa shape index (κ2) is 4.49. The minimum atomic E-state index is -0.242. The molecule has 1 amide bonds. The molecule has 1 heterocycles. The van der Waals surface area contributed by atoms with Gasteiger partial charge in [0.15, 0.2) is 5.82 Å². The quantitative estimate of drug-likeness (QED) is 0.844. The summed E-state index contributed by atoms with van der Waals surface area (Å²) < 4.78 is 1.61. The molecule has 17 heavy (non-hydrogen) atoms. The number of hydrogen-bond acceptors (Lipinski definition) is 3. The summed E-state index contributed by atoms with van der Waals surface area (Å²) in [5, 5.41) is 15.3. The van der Waals surface area contributed by atoms with Crippen LogP contribution in [0, 0.1) is 11.3 Å². The highest BCUT2D eigenvalue weighted by molar-refractivity contribution is 6.03. The van der Waals surface area contributed by atoms with Gasteiger partial charge in [0.2, 0.25) is 0 Å². The van der Waals surface area contributed by atoms with E-state index in [4.69, 9.17) is 5.26 Å². The monoisotopic (exact) mass is 226 g/mol. The third kappa shape index (κ3) is 2.49. The number of hydrogen-bond donors (Lipinski definition) is 1. The number of benzene rings is 1. The lowest BCUT2D eigenvalue weighted by atomic mass is 10.1. The number of nitriles is 1. The lowest BCUT2D eigenvalue weighted by molar-refractivity contribution is 0.102. The summed E-state index contributed by atoms with van der Waals surface area (Å²) in [6.07, 6.45) is 1.74. The maximum Gasteiger partial charge on any atom is 0.256 e. The van der Waals surface area contributed by atoms with Crippen molar-refractivity contribution in [1.29, 1.82) is 5.26 Å². The Kier molecular flexibility index (Phi) is 2.88. The third-order valence-electron chi connectivity index (χ3n) is 2.23. The van der Waals surface area contributed by atoms with E-state index in [9.17, 15) is 4.79 Å². The van der Waals surface area contributed by atoms with Crippen LogP contribution in [0.2, 0.25) is 0 Å². The highest BCUT2D eigenvalue weighted by atomic mass is 16.1. The largest absolute Gasteiger partial charge is 0.305 e. The topological polar surface area (TPSA) is 70.7 Å². The molecule has 1 N–H and O–H groups in total. The Labute approximate surface area is 98.3 Å².